The first-order chi connectivity index (χ1) is 14.9. The van der Waals surface area contributed by atoms with Crippen molar-refractivity contribution in [2.24, 2.45) is 0 Å². The highest BCUT2D eigenvalue weighted by molar-refractivity contribution is 6.46. The van der Waals surface area contributed by atoms with Crippen LogP contribution in [0.4, 0.5) is 11.4 Å². The van der Waals surface area contributed by atoms with Gasteiger partial charge in [-0.05, 0) is 72.5 Å². The van der Waals surface area contributed by atoms with Crippen LogP contribution >= 0.6 is 23.2 Å². The van der Waals surface area contributed by atoms with E-state index in [-0.39, 0.29) is 11.6 Å². The van der Waals surface area contributed by atoms with Gasteiger partial charge in [0, 0.05) is 15.7 Å². The molecule has 0 radical (unpaired) electrons. The van der Waals surface area contributed by atoms with Crippen LogP contribution in [0.1, 0.15) is 23.6 Å². The molecule has 4 nitrogen and oxygen atoms in total. The molecule has 0 aliphatic carbocycles. The summed E-state index contributed by atoms with van der Waals surface area (Å²) in [5, 5.41) is 4.33. The third kappa shape index (κ3) is 4.09. The Hall–Kier alpha value is -3.08. The summed E-state index contributed by atoms with van der Waals surface area (Å²) in [7, 11) is 0. The molecule has 3 aromatic rings. The molecule has 0 spiro atoms. The molecule has 6 heteroatoms. The number of amides is 2. The van der Waals surface area contributed by atoms with Gasteiger partial charge in [-0.2, -0.15) is 0 Å². The average Bonchev–Trinajstić information content (AvgIpc) is 3.00. The van der Waals surface area contributed by atoms with Gasteiger partial charge in [0.25, 0.3) is 11.8 Å². The Balaban J connectivity index is 1.81. The maximum absolute atomic E-state index is 13.4. The molecule has 0 bridgehead atoms. The average molecular weight is 451 g/mol. The third-order valence-electron chi connectivity index (χ3n) is 5.27. The number of hydrogen-bond donors (Lipinski definition) is 1. The van der Waals surface area contributed by atoms with Gasteiger partial charge in [0.05, 0.1) is 11.3 Å². The Kier molecular flexibility index (Phi) is 5.86. The third-order valence-corrected chi connectivity index (χ3v) is 5.75. The van der Waals surface area contributed by atoms with E-state index >= 15 is 0 Å². The number of halogens is 2. The molecule has 31 heavy (non-hydrogen) atoms. The topological polar surface area (TPSA) is 49.4 Å². The summed E-state index contributed by atoms with van der Waals surface area (Å²) < 4.78 is 0. The van der Waals surface area contributed by atoms with Crippen LogP contribution in [0.15, 0.2) is 72.4 Å². The summed E-state index contributed by atoms with van der Waals surface area (Å²) in [4.78, 5) is 28.1. The van der Waals surface area contributed by atoms with Crippen LogP contribution in [-0.2, 0) is 16.0 Å². The normalized spacial score (nSPS) is 13.9. The molecule has 0 aromatic heterocycles. The first-order valence-electron chi connectivity index (χ1n) is 9.90. The smallest absolute Gasteiger partial charge is 0.282 e. The Bertz CT molecular complexity index is 1200. The van der Waals surface area contributed by atoms with Gasteiger partial charge in [-0.25, -0.2) is 4.90 Å². The SMILES string of the molecule is CCc1ccc(N2C(=O)C(Nc3ccc(Cl)cc3C)=C(c3ccc(Cl)cc3)C2=O)cc1. The van der Waals surface area contributed by atoms with Gasteiger partial charge in [-0.3, -0.25) is 9.59 Å². The second-order valence-corrected chi connectivity index (χ2v) is 8.18. The first kappa shape index (κ1) is 21.2. The lowest BCUT2D eigenvalue weighted by molar-refractivity contribution is -0.120. The van der Waals surface area contributed by atoms with E-state index in [1.807, 2.05) is 19.1 Å². The summed E-state index contributed by atoms with van der Waals surface area (Å²) in [6, 6.07) is 19.6. The molecule has 3 aromatic carbocycles. The van der Waals surface area contributed by atoms with Crippen LogP contribution in [0.3, 0.4) is 0 Å². The van der Waals surface area contributed by atoms with Crippen molar-refractivity contribution in [3.63, 3.8) is 0 Å². The number of imide groups is 1. The van der Waals surface area contributed by atoms with Gasteiger partial charge in [-0.15, -0.1) is 0 Å². The van der Waals surface area contributed by atoms with Crippen molar-refractivity contribution < 1.29 is 9.59 Å². The van der Waals surface area contributed by atoms with Crippen LogP contribution in [0.5, 0.6) is 0 Å². The van der Waals surface area contributed by atoms with Gasteiger partial charge < -0.3 is 5.32 Å². The number of nitrogens with one attached hydrogen (secondary N) is 1. The Morgan fingerprint density at radius 1 is 0.839 bits per heavy atom. The van der Waals surface area contributed by atoms with Crippen molar-refractivity contribution in [1.82, 2.24) is 0 Å². The number of nitrogens with zero attached hydrogens (tertiary/aromatic N) is 1. The number of rotatable bonds is 5. The summed E-state index contributed by atoms with van der Waals surface area (Å²) in [6.45, 7) is 3.94. The fraction of sp³-hybridized carbons (Fsp3) is 0.120. The van der Waals surface area contributed by atoms with Crippen molar-refractivity contribution in [2.45, 2.75) is 20.3 Å². The zero-order valence-corrected chi connectivity index (χ0v) is 18.6. The predicted molar refractivity (Wildman–Crippen MR) is 126 cm³/mol. The molecule has 1 aliphatic rings. The molecule has 0 saturated carbocycles. The van der Waals surface area contributed by atoms with Crippen LogP contribution < -0.4 is 10.2 Å². The van der Waals surface area contributed by atoms with E-state index in [0.29, 0.717) is 32.6 Å². The molecule has 1 N–H and O–H groups in total. The van der Waals surface area contributed by atoms with Crippen LogP contribution in [0.25, 0.3) is 5.57 Å². The van der Waals surface area contributed by atoms with E-state index in [9.17, 15) is 9.59 Å². The molecule has 0 unspecified atom stereocenters. The summed E-state index contributed by atoms with van der Waals surface area (Å²) >= 11 is 12.1. The molecule has 0 atom stereocenters. The largest absolute Gasteiger partial charge is 0.350 e. The van der Waals surface area contributed by atoms with Gasteiger partial charge in [0.2, 0.25) is 0 Å². The van der Waals surface area contributed by atoms with E-state index in [4.69, 9.17) is 23.2 Å². The Labute approximate surface area is 191 Å². The minimum absolute atomic E-state index is 0.220. The highest BCUT2D eigenvalue weighted by atomic mass is 35.5. The highest BCUT2D eigenvalue weighted by Gasteiger charge is 2.40. The number of aryl methyl sites for hydroxylation is 2. The molecule has 2 amide bonds. The highest BCUT2D eigenvalue weighted by Crippen LogP contribution is 2.35. The number of anilines is 2. The lowest BCUT2D eigenvalue weighted by atomic mass is 10.0. The fourth-order valence-electron chi connectivity index (χ4n) is 3.55. The van der Waals surface area contributed by atoms with E-state index in [1.54, 1.807) is 54.6 Å². The van der Waals surface area contributed by atoms with Crippen molar-refractivity contribution in [3.8, 4) is 0 Å². The number of hydrogen-bond acceptors (Lipinski definition) is 3. The molecule has 156 valence electrons. The Morgan fingerprint density at radius 2 is 1.48 bits per heavy atom. The number of benzene rings is 3. The van der Waals surface area contributed by atoms with Gasteiger partial charge in [0.1, 0.15) is 5.70 Å². The Morgan fingerprint density at radius 3 is 2.10 bits per heavy atom. The maximum atomic E-state index is 13.4. The minimum atomic E-state index is -0.409. The van der Waals surface area contributed by atoms with Gasteiger partial charge >= 0.3 is 0 Å². The first-order valence-corrected chi connectivity index (χ1v) is 10.7. The van der Waals surface area contributed by atoms with Crippen LogP contribution in [0, 0.1) is 6.92 Å². The van der Waals surface area contributed by atoms with Crippen molar-refractivity contribution >= 4 is 52.0 Å². The molecule has 0 saturated heterocycles. The number of carbonyl (C=O) groups is 2. The lowest BCUT2D eigenvalue weighted by Gasteiger charge is -2.16. The van der Waals surface area contributed by atoms with Crippen molar-refractivity contribution in [2.75, 3.05) is 10.2 Å². The number of carbonyl (C=O) groups excluding carboxylic acids is 2. The minimum Gasteiger partial charge on any atom is -0.350 e. The molecule has 0 fully saturated rings. The predicted octanol–water partition coefficient (Wildman–Crippen LogP) is 6.26. The molecule has 4 rings (SSSR count). The van der Waals surface area contributed by atoms with E-state index in [2.05, 4.69) is 12.2 Å². The maximum Gasteiger partial charge on any atom is 0.282 e. The monoisotopic (exact) mass is 450 g/mol. The quantitative estimate of drug-likeness (QED) is 0.466. The molecule has 1 aliphatic heterocycles. The standard InChI is InChI=1S/C25H20Cl2N2O2/c1-3-16-4-11-20(12-5-16)29-24(30)22(17-6-8-18(26)9-7-17)23(25(29)31)28-21-13-10-19(27)14-15(21)2/h4-14,28H,3H2,1-2H3. The molecular weight excluding hydrogens is 431 g/mol. The summed E-state index contributed by atoms with van der Waals surface area (Å²) in [6.07, 6.45) is 0.874. The zero-order chi connectivity index (χ0) is 22.1. The summed E-state index contributed by atoms with van der Waals surface area (Å²) in [5.74, 6) is -0.792. The van der Waals surface area contributed by atoms with E-state index in [1.165, 1.54) is 4.90 Å². The van der Waals surface area contributed by atoms with Gasteiger partial charge in [-0.1, -0.05) is 54.4 Å². The molecule has 1 heterocycles. The zero-order valence-electron chi connectivity index (χ0n) is 17.1. The molecular formula is C25H20Cl2N2O2. The second kappa shape index (κ2) is 8.58. The van der Waals surface area contributed by atoms with Crippen molar-refractivity contribution in [1.29, 1.82) is 0 Å². The summed E-state index contributed by atoms with van der Waals surface area (Å²) in [5.41, 5.74) is 4.36. The van der Waals surface area contributed by atoms with Crippen LogP contribution in [-0.4, -0.2) is 11.8 Å². The van der Waals surface area contributed by atoms with Crippen molar-refractivity contribution in [3.05, 3.63) is 99.2 Å². The van der Waals surface area contributed by atoms with E-state index in [0.717, 1.165) is 17.5 Å². The second-order valence-electron chi connectivity index (χ2n) is 7.31. The fourth-order valence-corrected chi connectivity index (χ4v) is 3.90. The van der Waals surface area contributed by atoms with E-state index < -0.39 is 5.91 Å². The van der Waals surface area contributed by atoms with Crippen LogP contribution in [0.2, 0.25) is 10.0 Å². The lowest BCUT2D eigenvalue weighted by Crippen LogP contribution is -2.32. The van der Waals surface area contributed by atoms with Gasteiger partial charge in [0.15, 0.2) is 0 Å².